The molecule has 0 bridgehead atoms. The van der Waals surface area contributed by atoms with Crippen molar-refractivity contribution >= 4 is 10.8 Å². The van der Waals surface area contributed by atoms with Crippen LogP contribution >= 0.6 is 0 Å². The first-order valence-electron chi connectivity index (χ1n) is 17.8. The van der Waals surface area contributed by atoms with Crippen LogP contribution in [0.25, 0.3) is 10.8 Å². The zero-order valence-corrected chi connectivity index (χ0v) is 28.8. The third kappa shape index (κ3) is 7.59. The van der Waals surface area contributed by atoms with Gasteiger partial charge in [-0.25, -0.2) is 0 Å². The lowest BCUT2D eigenvalue weighted by molar-refractivity contribution is -0.356. The van der Waals surface area contributed by atoms with Gasteiger partial charge in [-0.2, -0.15) is 0 Å². The lowest BCUT2D eigenvalue weighted by atomic mass is 9.84. The number of nitrogens with two attached hydrogens (primary N) is 5. The molecule has 5 fully saturated rings. The summed E-state index contributed by atoms with van der Waals surface area (Å²) in [5.41, 5.74) is 31.6. The van der Waals surface area contributed by atoms with E-state index in [1.54, 1.807) is 0 Å². The van der Waals surface area contributed by atoms with Crippen molar-refractivity contribution in [1.82, 2.24) is 0 Å². The van der Waals surface area contributed by atoms with E-state index in [1.165, 1.54) is 0 Å². The smallest absolute Gasteiger partial charge is 0.187 e. The van der Waals surface area contributed by atoms with Crippen molar-refractivity contribution in [1.29, 1.82) is 0 Å². The molecule has 20 atom stereocenters. The highest BCUT2D eigenvalue weighted by atomic mass is 16.8. The molecule has 5 aliphatic rings. The van der Waals surface area contributed by atoms with Crippen LogP contribution < -0.4 is 28.7 Å². The molecule has 1 aliphatic carbocycles. The molecule has 2 aromatic carbocycles. The standard InChI is InChI=1S/C34H51N5O14/c35-9-17-23(42)24(43)20(38)32(47-17)52-28-18(10-40)48-34(26(28)45)53-30-22(41)15(36)8-16(37)27(30)50-33-21(39)25(44)29-19(49-33)11-46-31(51-29)14-6-5-12-3-1-2-4-13(12)7-14/h1-7,15-34,40-45H,8-11,35-39H2/t15-,16+,17+,18-,19-,20-,21-,22+,23-,24-,25-,26-,27-,28-,29-,30-,31-,32-,33-,34+/m1/s1. The van der Waals surface area contributed by atoms with Crippen LogP contribution in [0.5, 0.6) is 0 Å². The number of benzene rings is 2. The Kier molecular flexibility index (Phi) is 12.0. The van der Waals surface area contributed by atoms with E-state index in [1.807, 2.05) is 42.5 Å². The first-order chi connectivity index (χ1) is 25.4. The van der Waals surface area contributed by atoms with Gasteiger partial charge in [0.1, 0.15) is 67.1 Å². The molecule has 2 aromatic rings. The first-order valence-corrected chi connectivity index (χ1v) is 17.8. The number of hydrogen-bond acceptors (Lipinski definition) is 19. The second-order valence-corrected chi connectivity index (χ2v) is 14.4. The molecule has 4 aliphatic heterocycles. The molecule has 0 spiro atoms. The largest absolute Gasteiger partial charge is 0.394 e. The minimum atomic E-state index is -1.60. The highest BCUT2D eigenvalue weighted by Gasteiger charge is 2.55. The Balaban J connectivity index is 1.03. The predicted octanol–water partition coefficient (Wildman–Crippen LogP) is -4.95. The summed E-state index contributed by atoms with van der Waals surface area (Å²) in [5, 5.41) is 66.7. The summed E-state index contributed by atoms with van der Waals surface area (Å²) >= 11 is 0. The third-order valence-electron chi connectivity index (χ3n) is 10.8. The Bertz CT molecular complexity index is 1530. The van der Waals surface area contributed by atoms with Crippen LogP contribution in [-0.4, -0.2) is 167 Å². The van der Waals surface area contributed by atoms with E-state index in [9.17, 15) is 30.6 Å². The van der Waals surface area contributed by atoms with Crippen LogP contribution in [0.2, 0.25) is 0 Å². The van der Waals surface area contributed by atoms with Gasteiger partial charge in [-0.3, -0.25) is 0 Å². The van der Waals surface area contributed by atoms with Gasteiger partial charge in [0.2, 0.25) is 0 Å². The van der Waals surface area contributed by atoms with Gasteiger partial charge in [0.25, 0.3) is 0 Å². The monoisotopic (exact) mass is 753 g/mol. The highest BCUT2D eigenvalue weighted by molar-refractivity contribution is 5.83. The van der Waals surface area contributed by atoms with Crippen molar-refractivity contribution in [3.63, 3.8) is 0 Å². The second-order valence-electron chi connectivity index (χ2n) is 14.4. The zero-order chi connectivity index (χ0) is 37.7. The van der Waals surface area contributed by atoms with E-state index in [0.717, 1.165) is 16.3 Å². The first kappa shape index (κ1) is 39.2. The summed E-state index contributed by atoms with van der Waals surface area (Å²) < 4.78 is 48.0. The fourth-order valence-electron chi connectivity index (χ4n) is 7.73. The number of rotatable bonds is 9. The molecule has 0 amide bonds. The molecule has 0 unspecified atom stereocenters. The van der Waals surface area contributed by atoms with Crippen molar-refractivity contribution in [2.24, 2.45) is 28.7 Å². The average molecular weight is 754 g/mol. The SMILES string of the molecule is NC[C@@H]1O[C@H](O[C@H]2[C@@H](O)[C@H](O[C@@H]3[C@@H](O)[C@H](N)C[C@H](N)[C@H]3O[C@H]3O[C@@H]4CO[C@@H](c5ccc6ccccc6c5)O[C@H]4[C@H](O)[C@H]3N)O[C@@H]2CO)[C@H](N)[C@@H](O)[C@@H]1O. The predicted molar refractivity (Wildman–Crippen MR) is 181 cm³/mol. The molecule has 19 nitrogen and oxygen atoms in total. The van der Waals surface area contributed by atoms with Crippen molar-refractivity contribution < 1.29 is 68.5 Å². The van der Waals surface area contributed by atoms with Crippen molar-refractivity contribution in [3.8, 4) is 0 Å². The highest BCUT2D eigenvalue weighted by Crippen LogP contribution is 2.37. The average Bonchev–Trinajstić information content (AvgIpc) is 3.46. The summed E-state index contributed by atoms with van der Waals surface area (Å²) in [6, 6.07) is 9.58. The van der Waals surface area contributed by atoms with Gasteiger partial charge in [0.05, 0.1) is 31.4 Å². The minimum Gasteiger partial charge on any atom is -0.394 e. The fraction of sp³-hybridized carbons (Fsp3) is 0.706. The summed E-state index contributed by atoms with van der Waals surface area (Å²) in [4.78, 5) is 0. The molecule has 296 valence electrons. The Morgan fingerprint density at radius 2 is 1.30 bits per heavy atom. The van der Waals surface area contributed by atoms with Gasteiger partial charge in [-0.1, -0.05) is 36.4 Å². The maximum absolute atomic E-state index is 11.4. The van der Waals surface area contributed by atoms with Gasteiger partial charge in [0.15, 0.2) is 25.2 Å². The zero-order valence-electron chi connectivity index (χ0n) is 28.8. The Morgan fingerprint density at radius 3 is 2.04 bits per heavy atom. The van der Waals surface area contributed by atoms with Crippen LogP contribution in [-0.2, 0) is 37.9 Å². The van der Waals surface area contributed by atoms with Crippen LogP contribution in [0.15, 0.2) is 42.5 Å². The lowest BCUT2D eigenvalue weighted by Crippen LogP contribution is -2.69. The normalized spacial score (nSPS) is 47.8. The molecule has 4 heterocycles. The molecule has 7 rings (SSSR count). The van der Waals surface area contributed by atoms with E-state index < -0.39 is 129 Å². The summed E-state index contributed by atoms with van der Waals surface area (Å²) in [6.07, 6.45) is -19.5. The van der Waals surface area contributed by atoms with Crippen molar-refractivity contribution in [2.45, 2.75) is 129 Å². The molecule has 19 heteroatoms. The second kappa shape index (κ2) is 16.2. The number of ether oxygens (including phenoxy) is 8. The van der Waals surface area contributed by atoms with E-state index in [0.29, 0.717) is 0 Å². The molecule has 16 N–H and O–H groups in total. The summed E-state index contributed by atoms with van der Waals surface area (Å²) in [7, 11) is 0. The molecular formula is C34H51N5O14. The summed E-state index contributed by atoms with van der Waals surface area (Å²) in [6.45, 7) is -0.763. The van der Waals surface area contributed by atoms with Crippen molar-refractivity contribution in [2.75, 3.05) is 19.8 Å². The minimum absolute atomic E-state index is 0.0401. The Morgan fingerprint density at radius 1 is 0.642 bits per heavy atom. The number of fused-ring (bicyclic) bond motifs is 2. The maximum atomic E-state index is 11.4. The van der Waals surface area contributed by atoms with Gasteiger partial charge in [0, 0.05) is 24.2 Å². The Hall–Kier alpha value is -2.06. The Labute approximate surface area is 304 Å². The van der Waals surface area contributed by atoms with E-state index >= 15 is 0 Å². The van der Waals surface area contributed by atoms with Gasteiger partial charge in [-0.15, -0.1) is 0 Å². The van der Waals surface area contributed by atoms with Gasteiger partial charge >= 0.3 is 0 Å². The van der Waals surface area contributed by atoms with Gasteiger partial charge < -0.3 is 97.2 Å². The van der Waals surface area contributed by atoms with Gasteiger partial charge in [-0.05, 0) is 23.3 Å². The molecule has 0 radical (unpaired) electrons. The van der Waals surface area contributed by atoms with Crippen LogP contribution in [0.1, 0.15) is 18.3 Å². The number of hydrogen-bond donors (Lipinski definition) is 11. The molecule has 1 saturated carbocycles. The molecule has 53 heavy (non-hydrogen) atoms. The lowest BCUT2D eigenvalue weighted by Gasteiger charge is -2.49. The van der Waals surface area contributed by atoms with Crippen LogP contribution in [0.4, 0.5) is 0 Å². The third-order valence-corrected chi connectivity index (χ3v) is 10.8. The molecule has 4 saturated heterocycles. The fourth-order valence-corrected chi connectivity index (χ4v) is 7.73. The topological polar surface area (TPSA) is 325 Å². The summed E-state index contributed by atoms with van der Waals surface area (Å²) in [5.74, 6) is 0. The number of aliphatic hydroxyl groups excluding tert-OH is 6. The van der Waals surface area contributed by atoms with E-state index in [-0.39, 0.29) is 19.6 Å². The van der Waals surface area contributed by atoms with Crippen LogP contribution in [0.3, 0.4) is 0 Å². The molecular weight excluding hydrogens is 702 g/mol. The maximum Gasteiger partial charge on any atom is 0.187 e. The number of aliphatic hydroxyl groups is 6. The van der Waals surface area contributed by atoms with Crippen LogP contribution in [0, 0.1) is 0 Å². The van der Waals surface area contributed by atoms with E-state index in [4.69, 9.17) is 66.6 Å². The quantitative estimate of drug-likeness (QED) is 0.114. The molecule has 0 aromatic heterocycles. The van der Waals surface area contributed by atoms with Crippen molar-refractivity contribution in [3.05, 3.63) is 48.0 Å². The van der Waals surface area contributed by atoms with E-state index in [2.05, 4.69) is 0 Å².